The predicted molar refractivity (Wildman–Crippen MR) is 57.5 cm³/mol. The van der Waals surface area contributed by atoms with Gasteiger partial charge in [-0.1, -0.05) is 26.0 Å². The summed E-state index contributed by atoms with van der Waals surface area (Å²) in [6.45, 7) is 5.66. The first-order valence-corrected chi connectivity index (χ1v) is 4.88. The summed E-state index contributed by atoms with van der Waals surface area (Å²) in [5.41, 5.74) is 1.37. The van der Waals surface area contributed by atoms with Gasteiger partial charge in [0.05, 0.1) is 0 Å². The van der Waals surface area contributed by atoms with E-state index in [2.05, 4.69) is 11.9 Å². The zero-order valence-electron chi connectivity index (χ0n) is 8.56. The van der Waals surface area contributed by atoms with Crippen molar-refractivity contribution in [3.63, 3.8) is 0 Å². The van der Waals surface area contributed by atoms with E-state index in [1.807, 2.05) is 25.1 Å². The SMILES string of the molecule is [CH2]C(C)CC(=O)c1nc2ccccc2o1. The molecule has 0 saturated carbocycles. The number of hydrogen-bond donors (Lipinski definition) is 0. The van der Waals surface area contributed by atoms with E-state index in [0.29, 0.717) is 12.0 Å². The van der Waals surface area contributed by atoms with Crippen molar-refractivity contribution < 1.29 is 9.21 Å². The average Bonchev–Trinajstić information content (AvgIpc) is 2.59. The molecule has 2 aromatic rings. The van der Waals surface area contributed by atoms with Crippen molar-refractivity contribution in [2.75, 3.05) is 0 Å². The van der Waals surface area contributed by atoms with Crippen LogP contribution in [0.1, 0.15) is 24.0 Å². The summed E-state index contributed by atoms with van der Waals surface area (Å²) < 4.78 is 5.34. The Morgan fingerprint density at radius 1 is 1.53 bits per heavy atom. The number of ketones is 1. The van der Waals surface area contributed by atoms with E-state index in [1.54, 1.807) is 6.07 Å². The molecule has 1 atom stereocenters. The molecule has 0 spiro atoms. The third-order valence-electron chi connectivity index (χ3n) is 2.07. The molecule has 3 heteroatoms. The normalized spacial score (nSPS) is 11.1. The molecule has 0 aliphatic heterocycles. The number of oxazole rings is 1. The molecule has 0 amide bonds. The standard InChI is InChI=1S/C12H12NO2/c1-8(2)7-10(14)12-13-9-5-3-4-6-11(9)15-12/h3-6,8H,1,7H2,2H3. The Balaban J connectivity index is 2.32. The fourth-order valence-corrected chi connectivity index (χ4v) is 1.40. The van der Waals surface area contributed by atoms with Crippen molar-refractivity contribution in [2.45, 2.75) is 13.3 Å². The monoisotopic (exact) mass is 202 g/mol. The minimum atomic E-state index is -0.0892. The van der Waals surface area contributed by atoms with Gasteiger partial charge in [0.15, 0.2) is 5.58 Å². The highest BCUT2D eigenvalue weighted by molar-refractivity contribution is 5.94. The quantitative estimate of drug-likeness (QED) is 0.719. The van der Waals surface area contributed by atoms with Crippen molar-refractivity contribution in [1.82, 2.24) is 4.98 Å². The van der Waals surface area contributed by atoms with Gasteiger partial charge in [-0.2, -0.15) is 0 Å². The third-order valence-corrected chi connectivity index (χ3v) is 2.07. The largest absolute Gasteiger partial charge is 0.434 e. The topological polar surface area (TPSA) is 43.1 Å². The van der Waals surface area contributed by atoms with Crippen LogP contribution < -0.4 is 0 Å². The minimum Gasteiger partial charge on any atom is -0.434 e. The van der Waals surface area contributed by atoms with Crippen molar-refractivity contribution >= 4 is 16.9 Å². The Hall–Kier alpha value is -1.64. The van der Waals surface area contributed by atoms with Gasteiger partial charge in [-0.15, -0.1) is 0 Å². The second-order valence-electron chi connectivity index (χ2n) is 3.72. The van der Waals surface area contributed by atoms with Gasteiger partial charge in [0.25, 0.3) is 5.89 Å². The molecule has 0 saturated heterocycles. The summed E-state index contributed by atoms with van der Waals surface area (Å²) in [6, 6.07) is 7.34. The van der Waals surface area contributed by atoms with E-state index in [-0.39, 0.29) is 17.6 Å². The van der Waals surface area contributed by atoms with Crippen LogP contribution in [0.15, 0.2) is 28.7 Å². The highest BCUT2D eigenvalue weighted by Gasteiger charge is 2.14. The Labute approximate surface area is 88.1 Å². The van der Waals surface area contributed by atoms with Crippen LogP contribution in [0.25, 0.3) is 11.1 Å². The van der Waals surface area contributed by atoms with Crippen molar-refractivity contribution in [3.05, 3.63) is 37.1 Å². The van der Waals surface area contributed by atoms with Crippen molar-refractivity contribution in [2.24, 2.45) is 5.92 Å². The first-order chi connectivity index (χ1) is 7.16. The van der Waals surface area contributed by atoms with Crippen LogP contribution in [0.3, 0.4) is 0 Å². The molecule has 0 aliphatic rings. The summed E-state index contributed by atoms with van der Waals surface area (Å²) in [5, 5.41) is 0. The molecule has 1 unspecified atom stereocenters. The highest BCUT2D eigenvalue weighted by Crippen LogP contribution is 2.16. The van der Waals surface area contributed by atoms with Gasteiger partial charge >= 0.3 is 0 Å². The van der Waals surface area contributed by atoms with Gasteiger partial charge in [0.2, 0.25) is 5.78 Å². The first kappa shape index (κ1) is 9.90. The van der Waals surface area contributed by atoms with E-state index in [1.165, 1.54) is 0 Å². The van der Waals surface area contributed by atoms with E-state index in [4.69, 9.17) is 4.42 Å². The number of carbonyl (C=O) groups is 1. The van der Waals surface area contributed by atoms with Crippen LogP contribution in [0.2, 0.25) is 0 Å². The van der Waals surface area contributed by atoms with Crippen LogP contribution in [0.5, 0.6) is 0 Å². The summed E-state index contributed by atoms with van der Waals surface area (Å²) in [4.78, 5) is 15.8. The Morgan fingerprint density at radius 2 is 2.27 bits per heavy atom. The third kappa shape index (κ3) is 2.06. The average molecular weight is 202 g/mol. The molecule has 1 radical (unpaired) electrons. The summed E-state index contributed by atoms with van der Waals surface area (Å²) in [6.07, 6.45) is 0.368. The molecule has 1 heterocycles. The number of hydrogen-bond acceptors (Lipinski definition) is 3. The zero-order valence-corrected chi connectivity index (χ0v) is 8.56. The van der Waals surface area contributed by atoms with E-state index >= 15 is 0 Å². The molecule has 15 heavy (non-hydrogen) atoms. The number of para-hydroxylation sites is 2. The van der Waals surface area contributed by atoms with Crippen molar-refractivity contribution in [1.29, 1.82) is 0 Å². The van der Waals surface area contributed by atoms with Crippen LogP contribution in [0.4, 0.5) is 0 Å². The molecule has 2 rings (SSSR count). The number of benzene rings is 1. The van der Waals surface area contributed by atoms with Gasteiger partial charge in [-0.05, 0) is 18.1 Å². The smallest absolute Gasteiger partial charge is 0.264 e. The predicted octanol–water partition coefficient (Wildman–Crippen LogP) is 2.87. The van der Waals surface area contributed by atoms with Crippen LogP contribution >= 0.6 is 0 Å². The molecular weight excluding hydrogens is 190 g/mol. The first-order valence-electron chi connectivity index (χ1n) is 4.88. The maximum absolute atomic E-state index is 11.6. The van der Waals surface area contributed by atoms with Crippen molar-refractivity contribution in [3.8, 4) is 0 Å². The Bertz CT molecular complexity index is 452. The highest BCUT2D eigenvalue weighted by atomic mass is 16.4. The molecule has 1 aromatic heterocycles. The Morgan fingerprint density at radius 3 is 2.93 bits per heavy atom. The molecule has 0 N–H and O–H groups in total. The zero-order chi connectivity index (χ0) is 10.8. The number of nitrogens with zero attached hydrogens (tertiary/aromatic N) is 1. The molecule has 0 fully saturated rings. The maximum atomic E-state index is 11.6. The minimum absolute atomic E-state index is 0.0764. The van der Waals surface area contributed by atoms with Gasteiger partial charge in [-0.25, -0.2) is 4.98 Å². The lowest BCUT2D eigenvalue weighted by Crippen LogP contribution is -2.03. The van der Waals surface area contributed by atoms with Gasteiger partial charge < -0.3 is 4.42 Å². The molecule has 1 aromatic carbocycles. The molecule has 0 aliphatic carbocycles. The fourth-order valence-electron chi connectivity index (χ4n) is 1.40. The lowest BCUT2D eigenvalue weighted by molar-refractivity contribution is 0.0940. The fraction of sp³-hybridized carbons (Fsp3) is 0.250. The van der Waals surface area contributed by atoms with Crippen LogP contribution in [-0.4, -0.2) is 10.8 Å². The molecular formula is C12H12NO2. The second-order valence-corrected chi connectivity index (χ2v) is 3.72. The van der Waals surface area contributed by atoms with E-state index in [9.17, 15) is 4.79 Å². The summed E-state index contributed by atoms with van der Waals surface area (Å²) in [5.74, 6) is 0.174. The Kier molecular flexibility index (Phi) is 2.54. The van der Waals surface area contributed by atoms with Gasteiger partial charge in [0, 0.05) is 6.42 Å². The lowest BCUT2D eigenvalue weighted by Gasteiger charge is -1.98. The molecule has 3 nitrogen and oxygen atoms in total. The number of aromatic nitrogens is 1. The van der Waals surface area contributed by atoms with Crippen LogP contribution in [0, 0.1) is 12.8 Å². The van der Waals surface area contributed by atoms with Gasteiger partial charge in [0.1, 0.15) is 5.52 Å². The summed E-state index contributed by atoms with van der Waals surface area (Å²) >= 11 is 0. The number of carbonyl (C=O) groups excluding carboxylic acids is 1. The lowest BCUT2D eigenvalue weighted by atomic mass is 10.1. The van der Waals surface area contributed by atoms with E-state index < -0.39 is 0 Å². The molecule has 77 valence electrons. The second kappa shape index (κ2) is 3.85. The number of rotatable bonds is 3. The maximum Gasteiger partial charge on any atom is 0.264 e. The number of Topliss-reactive ketones (excluding diaryl/α,β-unsaturated/α-hetero) is 1. The van der Waals surface area contributed by atoms with Gasteiger partial charge in [-0.3, -0.25) is 4.79 Å². The number of fused-ring (bicyclic) bond motifs is 1. The molecule has 0 bridgehead atoms. The van der Waals surface area contributed by atoms with E-state index in [0.717, 1.165) is 5.52 Å². The summed E-state index contributed by atoms with van der Waals surface area (Å²) in [7, 11) is 0. The van der Waals surface area contributed by atoms with Crippen LogP contribution in [-0.2, 0) is 0 Å².